The topological polar surface area (TPSA) is 17.0 Å². The highest BCUT2D eigenvalue weighted by Gasteiger charge is 2.38. The summed E-state index contributed by atoms with van der Waals surface area (Å²) in [5.74, 6) is 1.09. The molecule has 10 rings (SSSR count). The van der Waals surface area contributed by atoms with E-state index in [2.05, 4.69) is 169 Å². The maximum Gasteiger partial charge on any atom is 0.112 e. The van der Waals surface area contributed by atoms with Crippen molar-refractivity contribution in [3.63, 3.8) is 0 Å². The molecule has 1 unspecified atom stereocenters. The van der Waals surface area contributed by atoms with Crippen molar-refractivity contribution in [1.82, 2.24) is 9.88 Å². The lowest BCUT2D eigenvalue weighted by atomic mass is 9.80. The van der Waals surface area contributed by atoms with Gasteiger partial charge in [-0.3, -0.25) is 4.57 Å². The van der Waals surface area contributed by atoms with Gasteiger partial charge in [0.1, 0.15) is 5.82 Å². The molecule has 3 heteroatoms. The van der Waals surface area contributed by atoms with Crippen LogP contribution in [0.3, 0.4) is 0 Å². The van der Waals surface area contributed by atoms with E-state index in [1.165, 1.54) is 80.9 Å². The van der Waals surface area contributed by atoms with Crippen molar-refractivity contribution in [3.8, 4) is 11.1 Å². The van der Waals surface area contributed by atoms with E-state index in [9.17, 15) is 0 Å². The smallest absolute Gasteiger partial charge is 0.112 e. The summed E-state index contributed by atoms with van der Waals surface area (Å²) >= 11 is 1.91. The number of nitrogens with zero attached hydrogens (tertiary/aromatic N) is 1. The summed E-state index contributed by atoms with van der Waals surface area (Å²) in [6.07, 6.45) is 4.68. The molecule has 2 nitrogen and oxygen atoms in total. The Kier molecular flexibility index (Phi) is 5.59. The van der Waals surface area contributed by atoms with Crippen LogP contribution in [0.5, 0.6) is 0 Å². The lowest BCUT2D eigenvalue weighted by Gasteiger charge is -2.27. The molecule has 0 bridgehead atoms. The minimum atomic E-state index is -0.130. The molecular weight excluding hydrogens is 589 g/mol. The normalized spacial score (nSPS) is 16.7. The third-order valence-corrected chi connectivity index (χ3v) is 11.5. The number of rotatable bonds is 3. The highest BCUT2D eigenvalue weighted by Crippen LogP contribution is 2.55. The second kappa shape index (κ2) is 9.81. The van der Waals surface area contributed by atoms with Gasteiger partial charge in [0.2, 0.25) is 0 Å². The fourth-order valence-electron chi connectivity index (χ4n) is 8.24. The number of thiophene rings is 1. The standard InChI is InChI=1S/C44H32N2S/c1-44(2)35-25-34-30-17-9-11-19-37(30)46(41-24-29(27-13-5-3-6-14-27)23-36(45-41)28-15-7-4-8-16-28)38(34)26-33(35)31-21-22-40-42(43(31)44)32-18-10-12-20-39(32)47-40/h3-26,36,45H,1-2H3. The first-order valence-electron chi connectivity index (χ1n) is 16.4. The van der Waals surface area contributed by atoms with Gasteiger partial charge in [0.15, 0.2) is 0 Å². The SMILES string of the molecule is CC1(C)c2cc3c4ccccc4n(C4=CC(c5ccccc5)=CC(c5ccccc5)N4)c3cc2-c2ccc3sc4ccccc4c3c21. The molecule has 8 aromatic rings. The number of allylic oxidation sites excluding steroid dienone is 2. The minimum absolute atomic E-state index is 0.0388. The fraction of sp³-hybridized carbons (Fsp3) is 0.0909. The van der Waals surface area contributed by atoms with Crippen LogP contribution < -0.4 is 5.32 Å². The van der Waals surface area contributed by atoms with Gasteiger partial charge in [-0.2, -0.15) is 0 Å². The summed E-state index contributed by atoms with van der Waals surface area (Å²) < 4.78 is 5.19. The third-order valence-electron chi connectivity index (χ3n) is 10.4. The number of dihydropyridines is 1. The molecule has 6 aromatic carbocycles. The third kappa shape index (κ3) is 3.84. The fourth-order valence-corrected chi connectivity index (χ4v) is 9.35. The average Bonchev–Trinajstić information content (AvgIpc) is 3.73. The van der Waals surface area contributed by atoms with Crippen molar-refractivity contribution in [2.45, 2.75) is 25.3 Å². The summed E-state index contributed by atoms with van der Waals surface area (Å²) in [6.45, 7) is 4.84. The van der Waals surface area contributed by atoms with E-state index in [1.807, 2.05) is 11.3 Å². The van der Waals surface area contributed by atoms with Gasteiger partial charge >= 0.3 is 0 Å². The molecule has 1 aliphatic carbocycles. The molecule has 1 N–H and O–H groups in total. The van der Waals surface area contributed by atoms with Crippen LogP contribution in [0.15, 0.2) is 146 Å². The van der Waals surface area contributed by atoms with Gasteiger partial charge in [0.05, 0.1) is 17.1 Å². The number of nitrogens with one attached hydrogen (secondary N) is 1. The molecule has 0 radical (unpaired) electrons. The number of hydrogen-bond acceptors (Lipinski definition) is 2. The first kappa shape index (κ1) is 26.8. The van der Waals surface area contributed by atoms with E-state index in [1.54, 1.807) is 0 Å². The molecule has 0 fully saturated rings. The lowest BCUT2D eigenvalue weighted by Crippen LogP contribution is -2.25. The molecule has 224 valence electrons. The molecule has 0 saturated carbocycles. The molecule has 1 aliphatic heterocycles. The van der Waals surface area contributed by atoms with Crippen LogP contribution in [0.25, 0.3) is 64.5 Å². The number of para-hydroxylation sites is 1. The first-order chi connectivity index (χ1) is 23.1. The molecule has 3 heterocycles. The Morgan fingerprint density at radius 2 is 1.36 bits per heavy atom. The summed E-state index contributed by atoms with van der Waals surface area (Å²) in [7, 11) is 0. The Labute approximate surface area is 277 Å². The zero-order chi connectivity index (χ0) is 31.3. The second-order valence-electron chi connectivity index (χ2n) is 13.4. The van der Waals surface area contributed by atoms with E-state index in [-0.39, 0.29) is 11.5 Å². The molecule has 0 saturated heterocycles. The van der Waals surface area contributed by atoms with Crippen LogP contribution in [0, 0.1) is 0 Å². The van der Waals surface area contributed by atoms with Crippen molar-refractivity contribution in [1.29, 1.82) is 0 Å². The van der Waals surface area contributed by atoms with Crippen molar-refractivity contribution in [3.05, 3.63) is 168 Å². The summed E-state index contributed by atoms with van der Waals surface area (Å²) in [5, 5.41) is 9.31. The average molecular weight is 621 g/mol. The Bertz CT molecular complexity index is 2620. The van der Waals surface area contributed by atoms with Gasteiger partial charge in [-0.1, -0.05) is 117 Å². The zero-order valence-corrected chi connectivity index (χ0v) is 27.1. The van der Waals surface area contributed by atoms with Crippen molar-refractivity contribution in [2.24, 2.45) is 0 Å². The van der Waals surface area contributed by atoms with Crippen LogP contribution in [-0.4, -0.2) is 4.57 Å². The van der Waals surface area contributed by atoms with Crippen LogP contribution in [-0.2, 0) is 5.41 Å². The number of fused-ring (bicyclic) bond motifs is 10. The van der Waals surface area contributed by atoms with Gasteiger partial charge in [-0.15, -0.1) is 11.3 Å². The van der Waals surface area contributed by atoms with Crippen LogP contribution in [0.2, 0.25) is 0 Å². The predicted octanol–water partition coefficient (Wildman–Crippen LogP) is 11.7. The van der Waals surface area contributed by atoms with Crippen molar-refractivity contribution in [2.75, 3.05) is 0 Å². The van der Waals surface area contributed by atoms with Gasteiger partial charge in [0.25, 0.3) is 0 Å². The van der Waals surface area contributed by atoms with Gasteiger partial charge in [-0.05, 0) is 81.4 Å². The van der Waals surface area contributed by atoms with Gasteiger partial charge in [0, 0.05) is 36.4 Å². The largest absolute Gasteiger partial charge is 0.361 e. The number of benzene rings is 6. The zero-order valence-electron chi connectivity index (χ0n) is 26.3. The van der Waals surface area contributed by atoms with Gasteiger partial charge < -0.3 is 5.32 Å². The molecular formula is C44H32N2S. The minimum Gasteiger partial charge on any atom is -0.361 e. The van der Waals surface area contributed by atoms with E-state index >= 15 is 0 Å². The molecule has 0 amide bonds. The number of hydrogen-bond donors (Lipinski definition) is 1. The summed E-state index contributed by atoms with van der Waals surface area (Å²) in [5.41, 5.74) is 11.6. The Balaban J connectivity index is 1.25. The maximum atomic E-state index is 3.95. The number of aromatic nitrogens is 1. The second-order valence-corrected chi connectivity index (χ2v) is 14.5. The molecule has 2 aliphatic rings. The highest BCUT2D eigenvalue weighted by molar-refractivity contribution is 7.25. The van der Waals surface area contributed by atoms with E-state index in [0.29, 0.717) is 0 Å². The predicted molar refractivity (Wildman–Crippen MR) is 201 cm³/mol. The maximum absolute atomic E-state index is 3.95. The van der Waals surface area contributed by atoms with Crippen LogP contribution in [0.4, 0.5) is 0 Å². The van der Waals surface area contributed by atoms with E-state index < -0.39 is 0 Å². The summed E-state index contributed by atoms with van der Waals surface area (Å²) in [4.78, 5) is 0. The Morgan fingerprint density at radius 3 is 2.19 bits per heavy atom. The van der Waals surface area contributed by atoms with E-state index in [4.69, 9.17) is 0 Å². The first-order valence-corrected chi connectivity index (χ1v) is 17.2. The summed E-state index contributed by atoms with van der Waals surface area (Å²) in [6, 6.07) is 49.0. The highest BCUT2D eigenvalue weighted by atomic mass is 32.1. The molecule has 0 spiro atoms. The molecule has 47 heavy (non-hydrogen) atoms. The molecule has 2 aromatic heterocycles. The van der Waals surface area contributed by atoms with Crippen molar-refractivity contribution >= 4 is 64.7 Å². The van der Waals surface area contributed by atoms with E-state index in [0.717, 1.165) is 5.82 Å². The monoisotopic (exact) mass is 620 g/mol. The Morgan fingerprint density at radius 1 is 0.638 bits per heavy atom. The lowest BCUT2D eigenvalue weighted by molar-refractivity contribution is 0.667. The Hall–Kier alpha value is -5.38. The van der Waals surface area contributed by atoms with Gasteiger partial charge in [-0.25, -0.2) is 0 Å². The van der Waals surface area contributed by atoms with Crippen LogP contribution in [0.1, 0.15) is 42.1 Å². The van der Waals surface area contributed by atoms with Crippen LogP contribution >= 0.6 is 11.3 Å². The quantitative estimate of drug-likeness (QED) is 0.208. The molecule has 1 atom stereocenters. The van der Waals surface area contributed by atoms with Crippen molar-refractivity contribution < 1.29 is 0 Å².